The lowest BCUT2D eigenvalue weighted by molar-refractivity contribution is -0.120. The van der Waals surface area contributed by atoms with Gasteiger partial charge in [-0.15, -0.1) is 0 Å². The molecule has 2 aromatic rings. The highest BCUT2D eigenvalue weighted by Crippen LogP contribution is 2.23. The SMILES string of the molecule is O=C1CCNC(c2cc3ncccc3[nH]2)C1. The largest absolute Gasteiger partial charge is 0.356 e. The van der Waals surface area contributed by atoms with Gasteiger partial charge in [0.2, 0.25) is 0 Å². The van der Waals surface area contributed by atoms with E-state index in [4.69, 9.17) is 0 Å². The number of Topliss-reactive ketones (excluding diaryl/α,β-unsaturated/α-hetero) is 1. The third kappa shape index (κ3) is 1.61. The van der Waals surface area contributed by atoms with Gasteiger partial charge < -0.3 is 10.3 Å². The Morgan fingerprint density at radius 1 is 1.44 bits per heavy atom. The van der Waals surface area contributed by atoms with Crippen molar-refractivity contribution in [1.29, 1.82) is 0 Å². The lowest BCUT2D eigenvalue weighted by atomic mass is 10.0. The molecular weight excluding hydrogens is 202 g/mol. The van der Waals surface area contributed by atoms with E-state index in [9.17, 15) is 4.79 Å². The summed E-state index contributed by atoms with van der Waals surface area (Å²) in [7, 11) is 0. The summed E-state index contributed by atoms with van der Waals surface area (Å²) < 4.78 is 0. The van der Waals surface area contributed by atoms with E-state index in [2.05, 4.69) is 15.3 Å². The van der Waals surface area contributed by atoms with Crippen molar-refractivity contribution >= 4 is 16.8 Å². The van der Waals surface area contributed by atoms with E-state index >= 15 is 0 Å². The molecule has 0 spiro atoms. The van der Waals surface area contributed by atoms with Crippen LogP contribution in [-0.4, -0.2) is 22.3 Å². The second kappa shape index (κ2) is 3.72. The zero-order valence-electron chi connectivity index (χ0n) is 8.86. The Labute approximate surface area is 93.1 Å². The zero-order chi connectivity index (χ0) is 11.0. The predicted octanol–water partition coefficient (Wildman–Crippen LogP) is 1.56. The van der Waals surface area contributed by atoms with Crippen LogP contribution in [0.15, 0.2) is 24.4 Å². The van der Waals surface area contributed by atoms with Gasteiger partial charge in [0.15, 0.2) is 0 Å². The fourth-order valence-electron chi connectivity index (χ4n) is 2.17. The molecule has 4 heteroatoms. The van der Waals surface area contributed by atoms with Crippen molar-refractivity contribution in [3.05, 3.63) is 30.1 Å². The van der Waals surface area contributed by atoms with Gasteiger partial charge in [0, 0.05) is 31.3 Å². The fourth-order valence-corrected chi connectivity index (χ4v) is 2.17. The number of aromatic nitrogens is 2. The predicted molar refractivity (Wildman–Crippen MR) is 61.1 cm³/mol. The standard InChI is InChI=1S/C12H13N3O/c16-8-3-5-14-10(6-8)12-7-11-9(15-12)2-1-4-13-11/h1-2,4,7,10,14-15H,3,5-6H2. The van der Waals surface area contributed by atoms with Gasteiger partial charge in [-0.3, -0.25) is 9.78 Å². The average molecular weight is 215 g/mol. The Bertz CT molecular complexity index is 499. The molecule has 1 fully saturated rings. The summed E-state index contributed by atoms with van der Waals surface area (Å²) >= 11 is 0. The monoisotopic (exact) mass is 215 g/mol. The summed E-state index contributed by atoms with van der Waals surface area (Å²) in [6.07, 6.45) is 3.00. The number of fused-ring (bicyclic) bond motifs is 1. The van der Waals surface area contributed by atoms with Crippen LogP contribution < -0.4 is 5.32 Å². The maximum atomic E-state index is 11.4. The number of nitrogens with zero attached hydrogens (tertiary/aromatic N) is 1. The number of ketones is 1. The zero-order valence-corrected chi connectivity index (χ0v) is 8.86. The molecule has 0 radical (unpaired) electrons. The van der Waals surface area contributed by atoms with E-state index < -0.39 is 0 Å². The van der Waals surface area contributed by atoms with Crippen LogP contribution in [-0.2, 0) is 4.79 Å². The van der Waals surface area contributed by atoms with Crippen LogP contribution in [0.4, 0.5) is 0 Å². The molecule has 16 heavy (non-hydrogen) atoms. The molecule has 0 saturated carbocycles. The normalized spacial score (nSPS) is 21.5. The third-order valence-corrected chi connectivity index (χ3v) is 3.01. The van der Waals surface area contributed by atoms with Crippen molar-refractivity contribution in [1.82, 2.24) is 15.3 Å². The molecule has 0 aliphatic carbocycles. The summed E-state index contributed by atoms with van der Waals surface area (Å²) in [5.74, 6) is 0.329. The molecule has 2 N–H and O–H groups in total. The molecule has 1 aliphatic heterocycles. The first-order valence-corrected chi connectivity index (χ1v) is 5.51. The molecule has 3 heterocycles. The minimum absolute atomic E-state index is 0.121. The highest BCUT2D eigenvalue weighted by molar-refractivity contribution is 5.81. The van der Waals surface area contributed by atoms with Gasteiger partial charge in [0.1, 0.15) is 5.78 Å². The van der Waals surface area contributed by atoms with E-state index in [-0.39, 0.29) is 6.04 Å². The second-order valence-electron chi connectivity index (χ2n) is 4.16. The van der Waals surface area contributed by atoms with Crippen molar-refractivity contribution in [2.75, 3.05) is 6.54 Å². The molecule has 1 atom stereocenters. The van der Waals surface area contributed by atoms with Gasteiger partial charge in [-0.05, 0) is 18.2 Å². The minimum Gasteiger partial charge on any atom is -0.356 e. The lowest BCUT2D eigenvalue weighted by Gasteiger charge is -2.21. The molecule has 1 saturated heterocycles. The van der Waals surface area contributed by atoms with E-state index in [1.165, 1.54) is 0 Å². The smallest absolute Gasteiger partial charge is 0.136 e. The second-order valence-corrected chi connectivity index (χ2v) is 4.16. The minimum atomic E-state index is 0.121. The van der Waals surface area contributed by atoms with Crippen LogP contribution >= 0.6 is 0 Å². The van der Waals surface area contributed by atoms with Crippen LogP contribution in [0.2, 0.25) is 0 Å². The van der Waals surface area contributed by atoms with Crippen LogP contribution in [0.1, 0.15) is 24.6 Å². The highest BCUT2D eigenvalue weighted by Gasteiger charge is 2.21. The number of nitrogens with one attached hydrogen (secondary N) is 2. The number of carbonyl (C=O) groups excluding carboxylic acids is 1. The van der Waals surface area contributed by atoms with Crippen molar-refractivity contribution in [3.8, 4) is 0 Å². The first kappa shape index (κ1) is 9.54. The number of hydrogen-bond donors (Lipinski definition) is 2. The Morgan fingerprint density at radius 2 is 2.38 bits per heavy atom. The number of piperidine rings is 1. The van der Waals surface area contributed by atoms with Gasteiger partial charge in [-0.2, -0.15) is 0 Å². The first-order valence-electron chi connectivity index (χ1n) is 5.51. The fraction of sp³-hybridized carbons (Fsp3) is 0.333. The summed E-state index contributed by atoms with van der Waals surface area (Å²) in [6, 6.07) is 6.04. The van der Waals surface area contributed by atoms with Crippen LogP contribution in [0.25, 0.3) is 11.0 Å². The summed E-state index contributed by atoms with van der Waals surface area (Å²) in [5, 5.41) is 3.35. The molecule has 2 aromatic heterocycles. The number of pyridine rings is 1. The Balaban J connectivity index is 1.96. The quantitative estimate of drug-likeness (QED) is 0.759. The Morgan fingerprint density at radius 3 is 3.19 bits per heavy atom. The number of carbonyl (C=O) groups is 1. The lowest BCUT2D eigenvalue weighted by Crippen LogP contribution is -2.31. The van der Waals surface area contributed by atoms with Gasteiger partial charge in [-0.1, -0.05) is 0 Å². The average Bonchev–Trinajstić information content (AvgIpc) is 2.72. The van der Waals surface area contributed by atoms with Crippen LogP contribution in [0.3, 0.4) is 0 Å². The van der Waals surface area contributed by atoms with E-state index in [1.807, 2.05) is 18.2 Å². The van der Waals surface area contributed by atoms with Gasteiger partial charge >= 0.3 is 0 Å². The molecule has 4 nitrogen and oxygen atoms in total. The summed E-state index contributed by atoms with van der Waals surface area (Å²) in [5.41, 5.74) is 3.04. The molecule has 82 valence electrons. The number of rotatable bonds is 1. The van der Waals surface area contributed by atoms with Crippen molar-refractivity contribution in [3.63, 3.8) is 0 Å². The number of hydrogen-bond acceptors (Lipinski definition) is 3. The van der Waals surface area contributed by atoms with Crippen LogP contribution in [0.5, 0.6) is 0 Å². The highest BCUT2D eigenvalue weighted by atomic mass is 16.1. The van der Waals surface area contributed by atoms with Crippen molar-refractivity contribution in [2.45, 2.75) is 18.9 Å². The summed E-state index contributed by atoms with van der Waals surface area (Å²) in [6.45, 7) is 0.770. The Hall–Kier alpha value is -1.68. The van der Waals surface area contributed by atoms with Crippen LogP contribution in [0, 0.1) is 0 Å². The Kier molecular flexibility index (Phi) is 2.22. The molecule has 0 amide bonds. The van der Waals surface area contributed by atoms with Crippen molar-refractivity contribution in [2.24, 2.45) is 0 Å². The van der Waals surface area contributed by atoms with Gasteiger partial charge in [0.05, 0.1) is 17.1 Å². The molecule has 0 aromatic carbocycles. The molecular formula is C12H13N3O. The van der Waals surface area contributed by atoms with E-state index in [0.29, 0.717) is 18.6 Å². The third-order valence-electron chi connectivity index (χ3n) is 3.01. The van der Waals surface area contributed by atoms with Gasteiger partial charge in [-0.25, -0.2) is 0 Å². The molecule has 3 rings (SSSR count). The maximum absolute atomic E-state index is 11.4. The summed E-state index contributed by atoms with van der Waals surface area (Å²) in [4.78, 5) is 19.0. The molecule has 1 aliphatic rings. The van der Waals surface area contributed by atoms with E-state index in [1.54, 1.807) is 6.20 Å². The molecule has 0 bridgehead atoms. The number of aromatic amines is 1. The van der Waals surface area contributed by atoms with Gasteiger partial charge in [0.25, 0.3) is 0 Å². The molecule has 1 unspecified atom stereocenters. The van der Waals surface area contributed by atoms with E-state index in [0.717, 1.165) is 23.3 Å². The first-order chi connectivity index (χ1) is 7.83. The maximum Gasteiger partial charge on any atom is 0.136 e. The van der Waals surface area contributed by atoms with Crippen molar-refractivity contribution < 1.29 is 4.79 Å². The topological polar surface area (TPSA) is 57.8 Å². The number of H-pyrrole nitrogens is 1.